The lowest BCUT2D eigenvalue weighted by molar-refractivity contribution is -0.231. The zero-order chi connectivity index (χ0) is 23.2. The maximum Gasteiger partial charge on any atom is 0.113 e. The molecule has 0 bridgehead atoms. The minimum absolute atomic E-state index is 0.448. The van der Waals surface area contributed by atoms with Gasteiger partial charge in [-0.1, -0.05) is 48.0 Å². The Morgan fingerprint density at radius 1 is 0.848 bits per heavy atom. The molecule has 1 heterocycles. The summed E-state index contributed by atoms with van der Waals surface area (Å²) in [5.41, 5.74) is 4.84. The Morgan fingerprint density at radius 2 is 1.52 bits per heavy atom. The van der Waals surface area contributed by atoms with E-state index >= 15 is 0 Å². The average Bonchev–Trinajstić information content (AvgIpc) is 3.59. The van der Waals surface area contributed by atoms with Crippen LogP contribution in [0.4, 0.5) is 0 Å². The highest BCUT2D eigenvalue weighted by Gasteiger charge is 2.45. The molecule has 2 aromatic rings. The van der Waals surface area contributed by atoms with Crippen molar-refractivity contribution in [2.45, 2.75) is 81.4 Å². The molecule has 0 aromatic heterocycles. The smallest absolute Gasteiger partial charge is 0.113 e. The summed E-state index contributed by atoms with van der Waals surface area (Å²) >= 11 is 6.48. The van der Waals surface area contributed by atoms with Gasteiger partial charge in [0, 0.05) is 5.02 Å². The second-order valence-electron chi connectivity index (χ2n) is 10.3. The third kappa shape index (κ3) is 4.72. The first kappa shape index (κ1) is 23.3. The number of aliphatic hydroxyl groups is 4. The summed E-state index contributed by atoms with van der Waals surface area (Å²) in [6.45, 7) is -0.448. The van der Waals surface area contributed by atoms with Gasteiger partial charge in [0.2, 0.25) is 0 Å². The molecule has 5 nitrogen and oxygen atoms in total. The van der Waals surface area contributed by atoms with Crippen molar-refractivity contribution in [1.29, 1.82) is 0 Å². The highest BCUT2D eigenvalue weighted by molar-refractivity contribution is 6.31. The molecule has 1 aliphatic heterocycles. The lowest BCUT2D eigenvalue weighted by atomic mass is 9.77. The van der Waals surface area contributed by atoms with Crippen molar-refractivity contribution in [3.63, 3.8) is 0 Å². The van der Waals surface area contributed by atoms with Gasteiger partial charge in [0.1, 0.15) is 30.5 Å². The summed E-state index contributed by atoms with van der Waals surface area (Å²) < 4.78 is 5.71. The van der Waals surface area contributed by atoms with Crippen molar-refractivity contribution in [2.24, 2.45) is 5.41 Å². The zero-order valence-electron chi connectivity index (χ0n) is 18.7. The summed E-state index contributed by atoms with van der Waals surface area (Å²) in [7, 11) is 0. The predicted molar refractivity (Wildman–Crippen MR) is 126 cm³/mol. The first-order valence-electron chi connectivity index (χ1n) is 12.1. The van der Waals surface area contributed by atoms with Crippen molar-refractivity contribution in [3.05, 3.63) is 69.7 Å². The van der Waals surface area contributed by atoms with Crippen LogP contribution < -0.4 is 0 Å². The van der Waals surface area contributed by atoms with E-state index in [1.54, 1.807) is 12.1 Å². The molecule has 3 fully saturated rings. The molecule has 3 aliphatic rings. The monoisotopic (exact) mass is 472 g/mol. The standard InChI is InChI=1S/C27H33ClO5/c28-21-6-5-19(26-25(32)24(31)23(30)22(15-29)33-26)14-20(21)13-16-1-3-17(4-2-16)18-7-9-27(10-8-18)11-12-27/h1-6,14,18,22-26,29-32H,7-13,15H2/t22-,23-,24+,25-,26-/m1/s1. The number of hydrogen-bond acceptors (Lipinski definition) is 5. The van der Waals surface area contributed by atoms with Crippen LogP contribution in [0.1, 0.15) is 72.8 Å². The van der Waals surface area contributed by atoms with Gasteiger partial charge in [0.15, 0.2) is 0 Å². The van der Waals surface area contributed by atoms with E-state index in [-0.39, 0.29) is 0 Å². The molecular weight excluding hydrogens is 440 g/mol. The summed E-state index contributed by atoms with van der Waals surface area (Å²) in [5, 5.41) is 40.7. The molecule has 2 aromatic carbocycles. The van der Waals surface area contributed by atoms with E-state index in [0.29, 0.717) is 28.3 Å². The maximum atomic E-state index is 10.5. The summed E-state index contributed by atoms with van der Waals surface area (Å²) in [4.78, 5) is 0. The summed E-state index contributed by atoms with van der Waals surface area (Å²) in [5.74, 6) is 0.670. The van der Waals surface area contributed by atoms with E-state index in [2.05, 4.69) is 24.3 Å². The topological polar surface area (TPSA) is 90.2 Å². The first-order chi connectivity index (χ1) is 15.9. The fraction of sp³-hybridized carbons (Fsp3) is 0.556. The van der Waals surface area contributed by atoms with Crippen molar-refractivity contribution >= 4 is 11.6 Å². The number of aliphatic hydroxyl groups excluding tert-OH is 4. The molecule has 2 aliphatic carbocycles. The van der Waals surface area contributed by atoms with E-state index in [1.165, 1.54) is 44.1 Å². The molecular formula is C27H33ClO5. The number of ether oxygens (including phenoxy) is 1. The Bertz CT molecular complexity index is 961. The third-order valence-corrected chi connectivity index (χ3v) is 8.51. The quantitative estimate of drug-likeness (QED) is 0.530. The second-order valence-corrected chi connectivity index (χ2v) is 10.7. The highest BCUT2D eigenvalue weighted by atomic mass is 35.5. The van der Waals surface area contributed by atoms with Gasteiger partial charge >= 0.3 is 0 Å². The predicted octanol–water partition coefficient (Wildman–Crippen LogP) is 3.88. The zero-order valence-corrected chi connectivity index (χ0v) is 19.5. The number of benzene rings is 2. The van der Waals surface area contributed by atoms with Crippen LogP contribution in [-0.4, -0.2) is 51.4 Å². The molecule has 6 heteroatoms. The van der Waals surface area contributed by atoms with Crippen molar-refractivity contribution < 1.29 is 25.2 Å². The van der Waals surface area contributed by atoms with Gasteiger partial charge in [-0.2, -0.15) is 0 Å². The van der Waals surface area contributed by atoms with E-state index in [1.807, 2.05) is 6.07 Å². The van der Waals surface area contributed by atoms with E-state index in [0.717, 1.165) is 11.1 Å². The Morgan fingerprint density at radius 3 is 2.15 bits per heavy atom. The molecule has 5 atom stereocenters. The van der Waals surface area contributed by atoms with E-state index in [4.69, 9.17) is 16.3 Å². The lowest BCUT2D eigenvalue weighted by Crippen LogP contribution is -2.55. The Kier molecular flexibility index (Phi) is 6.55. The fourth-order valence-electron chi connectivity index (χ4n) is 5.65. The molecule has 0 unspecified atom stereocenters. The maximum absolute atomic E-state index is 10.5. The lowest BCUT2D eigenvalue weighted by Gasteiger charge is -2.40. The molecule has 0 amide bonds. The fourth-order valence-corrected chi connectivity index (χ4v) is 5.84. The minimum atomic E-state index is -1.40. The molecule has 4 N–H and O–H groups in total. The van der Waals surface area contributed by atoms with Gasteiger partial charge in [-0.25, -0.2) is 0 Å². The molecule has 2 saturated carbocycles. The Labute approximate surface area is 200 Å². The van der Waals surface area contributed by atoms with Crippen molar-refractivity contribution in [2.75, 3.05) is 6.61 Å². The minimum Gasteiger partial charge on any atom is -0.394 e. The van der Waals surface area contributed by atoms with Crippen LogP contribution in [0.3, 0.4) is 0 Å². The van der Waals surface area contributed by atoms with Gasteiger partial charge in [-0.15, -0.1) is 0 Å². The summed E-state index contributed by atoms with van der Waals surface area (Å²) in [6.07, 6.45) is 2.98. The van der Waals surface area contributed by atoms with Crippen LogP contribution in [-0.2, 0) is 11.2 Å². The number of rotatable bonds is 5. The highest BCUT2D eigenvalue weighted by Crippen LogP contribution is 2.58. The third-order valence-electron chi connectivity index (χ3n) is 8.14. The molecule has 5 rings (SSSR count). The average molecular weight is 473 g/mol. The van der Waals surface area contributed by atoms with Crippen molar-refractivity contribution in [1.82, 2.24) is 0 Å². The summed E-state index contributed by atoms with van der Waals surface area (Å²) in [6, 6.07) is 14.2. The number of halogens is 1. The van der Waals surface area contributed by atoms with E-state index in [9.17, 15) is 20.4 Å². The van der Waals surface area contributed by atoms with Crippen LogP contribution in [0.15, 0.2) is 42.5 Å². The van der Waals surface area contributed by atoms with Crippen molar-refractivity contribution in [3.8, 4) is 0 Å². The van der Waals surface area contributed by atoms with Crippen LogP contribution in [0.2, 0.25) is 5.02 Å². The normalized spacial score (nSPS) is 31.6. The van der Waals surface area contributed by atoms with Crippen LogP contribution in [0.25, 0.3) is 0 Å². The molecule has 178 valence electrons. The Balaban J connectivity index is 1.29. The molecule has 33 heavy (non-hydrogen) atoms. The Hall–Kier alpha value is -1.47. The van der Waals surface area contributed by atoms with E-state index < -0.39 is 37.1 Å². The molecule has 0 radical (unpaired) electrons. The van der Waals surface area contributed by atoms with Gasteiger partial charge in [0.25, 0.3) is 0 Å². The van der Waals surface area contributed by atoms with Gasteiger partial charge in [-0.05, 0) is 84.6 Å². The molecule has 1 spiro atoms. The molecule has 1 saturated heterocycles. The van der Waals surface area contributed by atoms with Crippen LogP contribution in [0, 0.1) is 5.41 Å². The van der Waals surface area contributed by atoms with Crippen LogP contribution in [0.5, 0.6) is 0 Å². The first-order valence-corrected chi connectivity index (χ1v) is 12.4. The largest absolute Gasteiger partial charge is 0.394 e. The number of hydrogen-bond donors (Lipinski definition) is 4. The second kappa shape index (κ2) is 9.29. The van der Waals surface area contributed by atoms with Gasteiger partial charge in [-0.3, -0.25) is 0 Å². The SMILES string of the molecule is OC[C@H]1O[C@H](c2ccc(Cl)c(Cc3ccc(C4CCC5(CC4)CC5)cc3)c2)[C@H](O)[C@@H](O)[C@@H]1O. The van der Waals surface area contributed by atoms with Gasteiger partial charge < -0.3 is 25.2 Å². The van der Waals surface area contributed by atoms with Gasteiger partial charge in [0.05, 0.1) is 6.61 Å². The van der Waals surface area contributed by atoms with Crippen LogP contribution >= 0.6 is 11.6 Å².